The topological polar surface area (TPSA) is 136 Å². The minimum absolute atomic E-state index is 0.0332. The van der Waals surface area contributed by atoms with E-state index in [0.29, 0.717) is 22.5 Å². The van der Waals surface area contributed by atoms with E-state index in [2.05, 4.69) is 20.6 Å². The van der Waals surface area contributed by atoms with E-state index in [4.69, 9.17) is 4.74 Å². The van der Waals surface area contributed by atoms with Gasteiger partial charge < -0.3 is 15.4 Å². The van der Waals surface area contributed by atoms with Gasteiger partial charge in [0.1, 0.15) is 6.33 Å². The van der Waals surface area contributed by atoms with Gasteiger partial charge in [0.15, 0.2) is 5.78 Å². The van der Waals surface area contributed by atoms with E-state index in [-0.39, 0.29) is 29.7 Å². The van der Waals surface area contributed by atoms with Gasteiger partial charge in [0, 0.05) is 16.9 Å². The van der Waals surface area contributed by atoms with Gasteiger partial charge in [-0.05, 0) is 50.2 Å². The molecule has 0 aliphatic carbocycles. The number of hydrogen-bond acceptors (Lipinski definition) is 9. The smallest absolute Gasteiger partial charge is 0.353 e. The van der Waals surface area contributed by atoms with Crippen LogP contribution in [-0.4, -0.2) is 33.3 Å². The first-order chi connectivity index (χ1) is 14.9. The van der Waals surface area contributed by atoms with Crippen LogP contribution >= 0.6 is 0 Å². The minimum Gasteiger partial charge on any atom is -0.462 e. The third kappa shape index (κ3) is 5.18. The van der Waals surface area contributed by atoms with Gasteiger partial charge in [-0.3, -0.25) is 14.9 Å². The second kappa shape index (κ2) is 9.44. The second-order valence-electron chi connectivity index (χ2n) is 6.36. The molecule has 1 aromatic heterocycles. The lowest BCUT2D eigenvalue weighted by Gasteiger charge is -2.11. The quantitative estimate of drug-likeness (QED) is 0.237. The molecular weight excluding hydrogens is 402 g/mol. The van der Waals surface area contributed by atoms with E-state index in [9.17, 15) is 19.7 Å². The maximum Gasteiger partial charge on any atom is 0.353 e. The molecule has 0 aliphatic rings. The first-order valence-electron chi connectivity index (χ1n) is 9.30. The number of hydrogen-bond donors (Lipinski definition) is 2. The highest BCUT2D eigenvalue weighted by Crippen LogP contribution is 2.33. The Bertz CT molecular complexity index is 1130. The highest BCUT2D eigenvalue weighted by atomic mass is 16.6. The number of carbonyl (C=O) groups is 2. The number of rotatable bonds is 8. The Labute approximate surface area is 177 Å². The van der Waals surface area contributed by atoms with Crippen molar-refractivity contribution in [1.29, 1.82) is 0 Å². The summed E-state index contributed by atoms with van der Waals surface area (Å²) in [5, 5.41) is 17.5. The van der Waals surface area contributed by atoms with Crippen molar-refractivity contribution < 1.29 is 19.2 Å². The minimum atomic E-state index is -0.605. The number of benzene rings is 2. The average molecular weight is 421 g/mol. The van der Waals surface area contributed by atoms with Crippen LogP contribution < -0.4 is 10.6 Å². The lowest BCUT2D eigenvalue weighted by Crippen LogP contribution is -2.06. The zero-order valence-electron chi connectivity index (χ0n) is 16.8. The first kappa shape index (κ1) is 21.4. The van der Waals surface area contributed by atoms with Crippen LogP contribution in [0.15, 0.2) is 54.9 Å². The van der Waals surface area contributed by atoms with Crippen LogP contribution in [0, 0.1) is 10.1 Å². The van der Waals surface area contributed by atoms with Crippen LogP contribution in [0.5, 0.6) is 0 Å². The summed E-state index contributed by atoms with van der Waals surface area (Å²) in [5.41, 5.74) is 1.41. The van der Waals surface area contributed by atoms with Gasteiger partial charge >= 0.3 is 11.7 Å². The summed E-state index contributed by atoms with van der Waals surface area (Å²) < 4.78 is 4.93. The van der Waals surface area contributed by atoms with Crippen molar-refractivity contribution in [3.8, 4) is 0 Å². The van der Waals surface area contributed by atoms with Gasteiger partial charge in [-0.1, -0.05) is 12.1 Å². The number of ether oxygens (including phenoxy) is 1. The van der Waals surface area contributed by atoms with Crippen LogP contribution in [0.4, 0.5) is 28.7 Å². The highest BCUT2D eigenvalue weighted by Gasteiger charge is 2.23. The Morgan fingerprint density at radius 3 is 2.23 bits per heavy atom. The maximum absolute atomic E-state index is 11.8. The van der Waals surface area contributed by atoms with Crippen molar-refractivity contribution >= 4 is 40.5 Å². The molecule has 158 valence electrons. The number of nitrogens with one attached hydrogen (secondary N) is 2. The molecule has 0 unspecified atom stereocenters. The molecule has 0 atom stereocenters. The fraction of sp³-hybridized carbons (Fsp3) is 0.143. The van der Waals surface area contributed by atoms with Crippen molar-refractivity contribution in [2.45, 2.75) is 13.8 Å². The predicted molar refractivity (Wildman–Crippen MR) is 114 cm³/mol. The van der Waals surface area contributed by atoms with Crippen molar-refractivity contribution in [2.24, 2.45) is 0 Å². The molecule has 10 heteroatoms. The molecule has 3 aromatic rings. The van der Waals surface area contributed by atoms with Crippen molar-refractivity contribution in [1.82, 2.24) is 9.97 Å². The average Bonchev–Trinajstić information content (AvgIpc) is 2.74. The number of anilines is 4. The molecule has 0 radical (unpaired) electrons. The molecule has 10 nitrogen and oxygen atoms in total. The molecule has 0 spiro atoms. The molecular formula is C21H19N5O5. The molecule has 0 saturated carbocycles. The highest BCUT2D eigenvalue weighted by molar-refractivity contribution is 5.95. The summed E-state index contributed by atoms with van der Waals surface area (Å²) >= 11 is 0. The van der Waals surface area contributed by atoms with E-state index >= 15 is 0 Å². The zero-order valence-corrected chi connectivity index (χ0v) is 16.8. The molecule has 2 N–H and O–H groups in total. The van der Waals surface area contributed by atoms with Crippen LogP contribution in [0.3, 0.4) is 0 Å². The number of ketones is 1. The molecule has 0 fully saturated rings. The van der Waals surface area contributed by atoms with Gasteiger partial charge in [-0.15, -0.1) is 0 Å². The summed E-state index contributed by atoms with van der Waals surface area (Å²) in [7, 11) is 0. The van der Waals surface area contributed by atoms with E-state index in [0.717, 1.165) is 0 Å². The molecule has 31 heavy (non-hydrogen) atoms. The van der Waals surface area contributed by atoms with Crippen LogP contribution in [0.25, 0.3) is 0 Å². The van der Waals surface area contributed by atoms with E-state index in [1.54, 1.807) is 55.5 Å². The largest absolute Gasteiger partial charge is 0.462 e. The Morgan fingerprint density at radius 1 is 1.00 bits per heavy atom. The molecule has 0 aliphatic heterocycles. The normalized spacial score (nSPS) is 10.3. The van der Waals surface area contributed by atoms with Crippen molar-refractivity contribution in [3.63, 3.8) is 0 Å². The maximum atomic E-state index is 11.8. The van der Waals surface area contributed by atoms with Crippen LogP contribution in [-0.2, 0) is 4.74 Å². The van der Waals surface area contributed by atoms with E-state index < -0.39 is 10.9 Å². The fourth-order valence-corrected chi connectivity index (χ4v) is 2.73. The molecule has 1 heterocycles. The second-order valence-corrected chi connectivity index (χ2v) is 6.36. The number of esters is 1. The zero-order chi connectivity index (χ0) is 22.4. The van der Waals surface area contributed by atoms with Gasteiger partial charge in [-0.2, -0.15) is 0 Å². The SMILES string of the molecule is CCOC(=O)c1ccc(Nc2ncnc(Nc3cccc(C(C)=O)c3)c2[N+](=O)[O-])cc1. The molecule has 0 saturated heterocycles. The standard InChI is InChI=1S/C21H19N5O5/c1-3-31-21(28)14-7-9-16(10-8-14)24-19-18(26(29)30)20(23-12-22-19)25-17-6-4-5-15(11-17)13(2)27/h4-12H,3H2,1-2H3,(H2,22,23,24,25). The van der Waals surface area contributed by atoms with Crippen molar-refractivity contribution in [2.75, 3.05) is 17.2 Å². The van der Waals surface area contributed by atoms with Gasteiger partial charge in [0.05, 0.1) is 17.1 Å². The third-order valence-electron chi connectivity index (χ3n) is 4.20. The number of Topliss-reactive ketones (excluding diaryl/α,β-unsaturated/α-hetero) is 1. The molecule has 0 amide bonds. The number of carbonyl (C=O) groups excluding carboxylic acids is 2. The number of nitro groups is 1. The Hall–Kier alpha value is -4.34. The molecule has 2 aromatic carbocycles. The lowest BCUT2D eigenvalue weighted by molar-refractivity contribution is -0.383. The lowest BCUT2D eigenvalue weighted by atomic mass is 10.1. The summed E-state index contributed by atoms with van der Waals surface area (Å²) in [6.45, 7) is 3.41. The molecule has 3 rings (SSSR count). The Balaban J connectivity index is 1.88. The summed E-state index contributed by atoms with van der Waals surface area (Å²) in [6.07, 6.45) is 1.18. The van der Waals surface area contributed by atoms with Gasteiger partial charge in [-0.25, -0.2) is 14.8 Å². The summed E-state index contributed by atoms with van der Waals surface area (Å²) in [4.78, 5) is 42.4. The van der Waals surface area contributed by atoms with Crippen molar-refractivity contribution in [3.05, 3.63) is 76.1 Å². The van der Waals surface area contributed by atoms with Gasteiger partial charge in [0.2, 0.25) is 11.6 Å². The Morgan fingerprint density at radius 2 is 1.65 bits per heavy atom. The summed E-state index contributed by atoms with van der Waals surface area (Å²) in [5.74, 6) is -0.656. The Kier molecular flexibility index (Phi) is 6.51. The number of nitrogens with zero attached hydrogens (tertiary/aromatic N) is 3. The van der Waals surface area contributed by atoms with Gasteiger partial charge in [0.25, 0.3) is 0 Å². The third-order valence-corrected chi connectivity index (χ3v) is 4.20. The molecule has 0 bridgehead atoms. The van der Waals surface area contributed by atoms with Crippen LogP contribution in [0.2, 0.25) is 0 Å². The fourth-order valence-electron chi connectivity index (χ4n) is 2.73. The van der Waals surface area contributed by atoms with Crippen LogP contribution in [0.1, 0.15) is 34.6 Å². The monoisotopic (exact) mass is 421 g/mol. The van der Waals surface area contributed by atoms with E-state index in [1.165, 1.54) is 13.3 Å². The first-order valence-corrected chi connectivity index (χ1v) is 9.30. The predicted octanol–water partition coefficient (Wildman–Crippen LogP) is 4.25. The number of aromatic nitrogens is 2. The van der Waals surface area contributed by atoms with E-state index in [1.807, 2.05) is 0 Å². The summed E-state index contributed by atoms with van der Waals surface area (Å²) in [6, 6.07) is 12.8.